The van der Waals surface area contributed by atoms with Crippen molar-refractivity contribution >= 4 is 21.4 Å². The zero-order chi connectivity index (χ0) is 9.61. The third kappa shape index (κ3) is 8.08. The van der Waals surface area contributed by atoms with Gasteiger partial charge in [0, 0.05) is 12.1 Å². The van der Waals surface area contributed by atoms with Crippen LogP contribution in [0.2, 0.25) is 0 Å². The lowest BCUT2D eigenvalue weighted by atomic mass is 10.2. The lowest BCUT2D eigenvalue weighted by Gasteiger charge is -1.98. The largest absolute Gasteiger partial charge is 0.229 e. The van der Waals surface area contributed by atoms with Crippen LogP contribution in [-0.2, 0) is 9.84 Å². The molecule has 0 saturated carbocycles. The Bertz CT molecular complexity index is 242. The number of allylic oxidation sites excluding steroid dienone is 2. The summed E-state index contributed by atoms with van der Waals surface area (Å²) in [6, 6.07) is 0. The van der Waals surface area contributed by atoms with Crippen molar-refractivity contribution in [3.05, 3.63) is 11.6 Å². The first-order valence-corrected chi connectivity index (χ1v) is 6.44. The summed E-state index contributed by atoms with van der Waals surface area (Å²) in [6.45, 7) is 1.93. The Morgan fingerprint density at radius 2 is 2.08 bits per heavy atom. The average Bonchev–Trinajstić information content (AvgIpc) is 1.95. The quantitative estimate of drug-likeness (QED) is 0.514. The monoisotopic (exact) mass is 210 g/mol. The molecule has 0 bridgehead atoms. The third-order valence-electron chi connectivity index (χ3n) is 1.47. The molecule has 2 nitrogen and oxygen atoms in total. The van der Waals surface area contributed by atoms with Crippen LogP contribution in [0.3, 0.4) is 0 Å². The summed E-state index contributed by atoms with van der Waals surface area (Å²) in [5, 5.41) is 0. The van der Waals surface area contributed by atoms with Crippen LogP contribution in [0.4, 0.5) is 0 Å². The minimum atomic E-state index is -2.82. The van der Waals surface area contributed by atoms with Gasteiger partial charge in [0.1, 0.15) is 9.84 Å². The van der Waals surface area contributed by atoms with E-state index in [9.17, 15) is 8.42 Å². The molecule has 0 fully saturated rings. The molecule has 0 saturated heterocycles. The summed E-state index contributed by atoms with van der Waals surface area (Å²) in [7, 11) is -2.82. The minimum absolute atomic E-state index is 0.234. The van der Waals surface area contributed by atoms with Gasteiger partial charge in [-0.25, -0.2) is 8.42 Å². The topological polar surface area (TPSA) is 34.1 Å². The van der Waals surface area contributed by atoms with Crippen molar-refractivity contribution < 1.29 is 8.42 Å². The van der Waals surface area contributed by atoms with Crippen LogP contribution in [0.15, 0.2) is 11.6 Å². The molecule has 0 unspecified atom stereocenters. The first kappa shape index (κ1) is 12.0. The van der Waals surface area contributed by atoms with Gasteiger partial charge in [0.2, 0.25) is 0 Å². The van der Waals surface area contributed by atoms with Crippen molar-refractivity contribution in [2.24, 2.45) is 0 Å². The Kier molecular flexibility index (Phi) is 5.59. The van der Waals surface area contributed by atoms with E-state index < -0.39 is 9.84 Å². The van der Waals surface area contributed by atoms with Gasteiger partial charge in [0.15, 0.2) is 0 Å². The van der Waals surface area contributed by atoms with Gasteiger partial charge in [-0.05, 0) is 19.8 Å². The number of sulfone groups is 1. The summed E-state index contributed by atoms with van der Waals surface area (Å²) in [5.41, 5.74) is 1.10. The molecular weight excluding hydrogens is 196 g/mol. The van der Waals surface area contributed by atoms with E-state index in [1.807, 2.05) is 13.0 Å². The van der Waals surface area contributed by atoms with Gasteiger partial charge in [-0.2, -0.15) is 0 Å². The van der Waals surface area contributed by atoms with Crippen LogP contribution in [0.25, 0.3) is 0 Å². The zero-order valence-electron chi connectivity index (χ0n) is 7.51. The maximum Gasteiger partial charge on any atom is 0.147 e. The van der Waals surface area contributed by atoms with E-state index in [1.54, 1.807) is 0 Å². The van der Waals surface area contributed by atoms with Crippen molar-refractivity contribution in [2.75, 3.05) is 17.9 Å². The minimum Gasteiger partial charge on any atom is -0.229 e. The molecule has 0 aromatic carbocycles. The van der Waals surface area contributed by atoms with Crippen LogP contribution < -0.4 is 0 Å². The number of hydrogen-bond donors (Lipinski definition) is 0. The second-order valence-corrected chi connectivity index (χ2v) is 5.55. The molecule has 0 amide bonds. The van der Waals surface area contributed by atoms with E-state index in [0.29, 0.717) is 12.3 Å². The molecule has 0 aliphatic carbocycles. The summed E-state index contributed by atoms with van der Waals surface area (Å²) in [4.78, 5) is 0. The van der Waals surface area contributed by atoms with E-state index in [1.165, 1.54) is 6.26 Å². The van der Waals surface area contributed by atoms with Gasteiger partial charge < -0.3 is 0 Å². The fourth-order valence-corrected chi connectivity index (χ4v) is 1.55. The Morgan fingerprint density at radius 3 is 2.50 bits per heavy atom. The fourth-order valence-electron chi connectivity index (χ4n) is 0.749. The van der Waals surface area contributed by atoms with Gasteiger partial charge in [0.25, 0.3) is 0 Å². The zero-order valence-corrected chi connectivity index (χ0v) is 9.08. The highest BCUT2D eigenvalue weighted by Gasteiger charge is 2.01. The van der Waals surface area contributed by atoms with Crippen molar-refractivity contribution in [1.82, 2.24) is 0 Å². The average molecular weight is 211 g/mol. The Hall–Kier alpha value is -0.0200. The molecule has 0 aliphatic heterocycles. The molecular formula is C8H15ClO2S. The predicted octanol–water partition coefficient (Wildman–Crippen LogP) is 2.00. The van der Waals surface area contributed by atoms with Gasteiger partial charge in [-0.1, -0.05) is 11.6 Å². The van der Waals surface area contributed by atoms with Gasteiger partial charge in [-0.3, -0.25) is 0 Å². The molecule has 0 aromatic heterocycles. The normalized spacial score (nSPS) is 13.4. The van der Waals surface area contributed by atoms with Crippen LogP contribution in [0.1, 0.15) is 19.8 Å². The lowest BCUT2D eigenvalue weighted by molar-refractivity contribution is 0.601. The molecule has 0 N–H and O–H groups in total. The number of hydrogen-bond acceptors (Lipinski definition) is 2. The van der Waals surface area contributed by atoms with Gasteiger partial charge in [-0.15, -0.1) is 11.6 Å². The van der Waals surface area contributed by atoms with Gasteiger partial charge in [0.05, 0.1) is 5.75 Å². The molecule has 0 spiro atoms. The molecule has 0 atom stereocenters. The van der Waals surface area contributed by atoms with E-state index in [4.69, 9.17) is 11.6 Å². The van der Waals surface area contributed by atoms with E-state index in [0.717, 1.165) is 12.0 Å². The smallest absolute Gasteiger partial charge is 0.147 e. The highest BCUT2D eigenvalue weighted by molar-refractivity contribution is 7.90. The Morgan fingerprint density at radius 1 is 1.50 bits per heavy atom. The second kappa shape index (κ2) is 5.60. The first-order chi connectivity index (χ1) is 5.45. The first-order valence-electron chi connectivity index (χ1n) is 3.85. The maximum absolute atomic E-state index is 10.8. The van der Waals surface area contributed by atoms with Crippen LogP contribution in [0, 0.1) is 0 Å². The maximum atomic E-state index is 10.8. The summed E-state index contributed by atoms with van der Waals surface area (Å²) in [6.07, 6.45) is 4.67. The number of rotatable bonds is 5. The van der Waals surface area contributed by atoms with Crippen LogP contribution >= 0.6 is 11.6 Å². The summed E-state index contributed by atoms with van der Waals surface area (Å²) in [5.74, 6) is 0.827. The Balaban J connectivity index is 3.79. The summed E-state index contributed by atoms with van der Waals surface area (Å²) < 4.78 is 21.5. The molecule has 0 aromatic rings. The molecule has 0 aliphatic rings. The molecule has 0 radical (unpaired) electrons. The van der Waals surface area contributed by atoms with E-state index in [-0.39, 0.29) is 5.75 Å². The van der Waals surface area contributed by atoms with Crippen molar-refractivity contribution in [3.8, 4) is 0 Å². The van der Waals surface area contributed by atoms with Crippen LogP contribution in [-0.4, -0.2) is 26.3 Å². The molecule has 12 heavy (non-hydrogen) atoms. The predicted molar refractivity (Wildman–Crippen MR) is 53.4 cm³/mol. The van der Waals surface area contributed by atoms with Crippen molar-refractivity contribution in [1.29, 1.82) is 0 Å². The van der Waals surface area contributed by atoms with E-state index >= 15 is 0 Å². The highest BCUT2D eigenvalue weighted by atomic mass is 35.5. The van der Waals surface area contributed by atoms with Crippen molar-refractivity contribution in [3.63, 3.8) is 0 Å². The van der Waals surface area contributed by atoms with Crippen molar-refractivity contribution in [2.45, 2.75) is 19.8 Å². The SMILES string of the molecule is CC(=CCCCl)CCS(C)(=O)=O. The summed E-state index contributed by atoms with van der Waals surface area (Å²) >= 11 is 5.47. The molecule has 4 heteroatoms. The van der Waals surface area contributed by atoms with E-state index in [2.05, 4.69) is 0 Å². The van der Waals surface area contributed by atoms with Crippen LogP contribution in [0.5, 0.6) is 0 Å². The molecule has 0 heterocycles. The number of alkyl halides is 1. The lowest BCUT2D eigenvalue weighted by Crippen LogP contribution is -2.02. The molecule has 72 valence electrons. The number of halogens is 1. The Labute approximate surface area is 79.5 Å². The molecule has 0 rings (SSSR count). The third-order valence-corrected chi connectivity index (χ3v) is 2.63. The second-order valence-electron chi connectivity index (χ2n) is 2.91. The fraction of sp³-hybridized carbons (Fsp3) is 0.750. The van der Waals surface area contributed by atoms with Gasteiger partial charge >= 0.3 is 0 Å². The standard InChI is InChI=1S/C8H15ClO2S/c1-8(4-3-6-9)5-7-12(2,10)11/h4H,3,5-7H2,1-2H3. The highest BCUT2D eigenvalue weighted by Crippen LogP contribution is 2.04.